The van der Waals surface area contributed by atoms with Crippen molar-refractivity contribution in [2.24, 2.45) is 0 Å². The zero-order valence-electron chi connectivity index (χ0n) is 11.9. The summed E-state index contributed by atoms with van der Waals surface area (Å²) >= 11 is 0. The molecular weight excluding hydrogens is 300 g/mol. The summed E-state index contributed by atoms with van der Waals surface area (Å²) in [5.74, 6) is -0.202. The van der Waals surface area contributed by atoms with E-state index in [4.69, 9.17) is 0 Å². The molecule has 1 aromatic heterocycles. The van der Waals surface area contributed by atoms with Crippen LogP contribution in [0.5, 0.6) is 0 Å². The molecule has 22 heavy (non-hydrogen) atoms. The first kappa shape index (κ1) is 14.3. The van der Waals surface area contributed by atoms with Crippen molar-refractivity contribution in [2.45, 2.75) is 11.8 Å². The summed E-state index contributed by atoms with van der Waals surface area (Å²) in [7, 11) is -3.66. The number of carbonyl (C=O) groups is 1. The van der Waals surface area contributed by atoms with Crippen LogP contribution in [0, 0.1) is 0 Å². The Morgan fingerprint density at radius 2 is 1.68 bits per heavy atom. The van der Waals surface area contributed by atoms with Crippen LogP contribution in [-0.4, -0.2) is 18.3 Å². The van der Waals surface area contributed by atoms with E-state index >= 15 is 0 Å². The van der Waals surface area contributed by atoms with Gasteiger partial charge in [0, 0.05) is 24.2 Å². The van der Waals surface area contributed by atoms with Gasteiger partial charge >= 0.3 is 0 Å². The Hall–Kier alpha value is -2.60. The zero-order valence-corrected chi connectivity index (χ0v) is 12.7. The number of rotatable bonds is 3. The van der Waals surface area contributed by atoms with E-state index in [0.717, 1.165) is 5.39 Å². The Balaban J connectivity index is 2.04. The summed E-state index contributed by atoms with van der Waals surface area (Å²) in [5.41, 5.74) is 1.19. The number of anilines is 1. The molecule has 3 rings (SSSR count). The third-order valence-electron chi connectivity index (χ3n) is 3.30. The molecule has 0 aliphatic carbocycles. The first-order valence-corrected chi connectivity index (χ1v) is 8.12. The van der Waals surface area contributed by atoms with Crippen molar-refractivity contribution in [1.82, 2.24) is 3.97 Å². The van der Waals surface area contributed by atoms with Gasteiger partial charge < -0.3 is 5.32 Å². The lowest BCUT2D eigenvalue weighted by Crippen LogP contribution is -2.12. The number of benzene rings is 2. The van der Waals surface area contributed by atoms with E-state index in [9.17, 15) is 13.2 Å². The standard InChI is InChI=1S/C16H14N2O3S/c1-12(19)17-14-6-8-15(9-7-14)22(20,21)18-11-10-13-4-2-3-5-16(13)18/h2-11H,1H3,(H,17,19). The van der Waals surface area contributed by atoms with E-state index in [1.54, 1.807) is 36.5 Å². The highest BCUT2D eigenvalue weighted by Gasteiger charge is 2.18. The molecule has 0 atom stereocenters. The summed E-state index contributed by atoms with van der Waals surface area (Å²) in [6.07, 6.45) is 1.54. The third kappa shape index (κ3) is 2.48. The van der Waals surface area contributed by atoms with Crippen LogP contribution in [0.2, 0.25) is 0 Å². The van der Waals surface area contributed by atoms with Gasteiger partial charge in [-0.1, -0.05) is 18.2 Å². The molecule has 0 bridgehead atoms. The SMILES string of the molecule is CC(=O)Nc1ccc(S(=O)(=O)n2ccc3ccccc32)cc1. The van der Waals surface area contributed by atoms with Crippen LogP contribution < -0.4 is 5.32 Å². The van der Waals surface area contributed by atoms with Crippen LogP contribution in [0.4, 0.5) is 5.69 Å². The largest absolute Gasteiger partial charge is 0.326 e. The Morgan fingerprint density at radius 3 is 2.36 bits per heavy atom. The number of nitrogens with one attached hydrogen (secondary N) is 1. The normalized spacial score (nSPS) is 11.5. The van der Waals surface area contributed by atoms with Crippen LogP contribution in [-0.2, 0) is 14.8 Å². The topological polar surface area (TPSA) is 68.2 Å². The average Bonchev–Trinajstić information content (AvgIpc) is 2.92. The zero-order chi connectivity index (χ0) is 15.7. The molecule has 0 aliphatic heterocycles. The second kappa shape index (κ2) is 5.31. The molecular formula is C16H14N2O3S. The Labute approximate surface area is 128 Å². The maximum Gasteiger partial charge on any atom is 0.268 e. The van der Waals surface area contributed by atoms with Gasteiger partial charge in [0.05, 0.1) is 10.4 Å². The van der Waals surface area contributed by atoms with E-state index in [-0.39, 0.29) is 10.8 Å². The van der Waals surface area contributed by atoms with Gasteiger partial charge in [-0.2, -0.15) is 0 Å². The maximum atomic E-state index is 12.7. The molecule has 3 aromatic rings. The quantitative estimate of drug-likeness (QED) is 0.808. The highest BCUT2D eigenvalue weighted by atomic mass is 32.2. The molecule has 2 aromatic carbocycles. The van der Waals surface area contributed by atoms with Crippen molar-refractivity contribution in [1.29, 1.82) is 0 Å². The Bertz CT molecular complexity index is 941. The number of hydrogen-bond donors (Lipinski definition) is 1. The van der Waals surface area contributed by atoms with E-state index in [1.807, 2.05) is 12.1 Å². The fraction of sp³-hybridized carbons (Fsp3) is 0.0625. The number of carbonyl (C=O) groups excluding carboxylic acids is 1. The van der Waals surface area contributed by atoms with Gasteiger partial charge in [0.1, 0.15) is 0 Å². The monoisotopic (exact) mass is 314 g/mol. The number of aromatic nitrogens is 1. The van der Waals surface area contributed by atoms with Crippen LogP contribution in [0.3, 0.4) is 0 Å². The minimum atomic E-state index is -3.66. The van der Waals surface area contributed by atoms with E-state index in [2.05, 4.69) is 5.32 Å². The average molecular weight is 314 g/mol. The number of para-hydroxylation sites is 1. The van der Waals surface area contributed by atoms with E-state index in [0.29, 0.717) is 11.2 Å². The van der Waals surface area contributed by atoms with Gasteiger partial charge in [-0.3, -0.25) is 4.79 Å². The molecule has 0 spiro atoms. The number of fused-ring (bicyclic) bond motifs is 1. The summed E-state index contributed by atoms with van der Waals surface area (Å²) in [6, 6.07) is 15.2. The van der Waals surface area contributed by atoms with E-state index < -0.39 is 10.0 Å². The summed E-state index contributed by atoms with van der Waals surface area (Å²) < 4.78 is 26.7. The number of hydrogen-bond acceptors (Lipinski definition) is 3. The van der Waals surface area contributed by atoms with Crippen LogP contribution in [0.25, 0.3) is 10.9 Å². The van der Waals surface area contributed by atoms with Crippen molar-refractivity contribution >= 4 is 32.5 Å². The molecule has 0 aliphatic rings. The molecule has 0 fully saturated rings. The first-order chi connectivity index (χ1) is 10.5. The molecule has 6 heteroatoms. The molecule has 0 saturated heterocycles. The summed E-state index contributed by atoms with van der Waals surface area (Å²) in [6.45, 7) is 1.40. The second-order valence-electron chi connectivity index (χ2n) is 4.88. The van der Waals surface area contributed by atoms with Gasteiger partial charge in [-0.05, 0) is 36.4 Å². The van der Waals surface area contributed by atoms with Crippen molar-refractivity contribution < 1.29 is 13.2 Å². The maximum absolute atomic E-state index is 12.7. The van der Waals surface area contributed by atoms with Gasteiger partial charge in [0.2, 0.25) is 5.91 Å². The lowest BCUT2D eigenvalue weighted by Gasteiger charge is -2.08. The lowest BCUT2D eigenvalue weighted by molar-refractivity contribution is -0.114. The molecule has 112 valence electrons. The number of nitrogens with zero attached hydrogens (tertiary/aromatic N) is 1. The predicted octanol–water partition coefficient (Wildman–Crippen LogP) is 2.84. The summed E-state index contributed by atoms with van der Waals surface area (Å²) in [4.78, 5) is 11.2. The first-order valence-electron chi connectivity index (χ1n) is 6.68. The molecule has 0 radical (unpaired) electrons. The predicted molar refractivity (Wildman–Crippen MR) is 85.3 cm³/mol. The molecule has 1 N–H and O–H groups in total. The van der Waals surface area contributed by atoms with Crippen molar-refractivity contribution in [3.8, 4) is 0 Å². The molecule has 0 unspecified atom stereocenters. The highest BCUT2D eigenvalue weighted by molar-refractivity contribution is 7.90. The molecule has 5 nitrogen and oxygen atoms in total. The van der Waals surface area contributed by atoms with Crippen molar-refractivity contribution in [2.75, 3.05) is 5.32 Å². The lowest BCUT2D eigenvalue weighted by atomic mass is 10.3. The second-order valence-corrected chi connectivity index (χ2v) is 6.70. The fourth-order valence-electron chi connectivity index (χ4n) is 2.29. The van der Waals surface area contributed by atoms with Gasteiger partial charge in [-0.15, -0.1) is 0 Å². The van der Waals surface area contributed by atoms with E-state index in [1.165, 1.54) is 23.0 Å². The number of amides is 1. The third-order valence-corrected chi connectivity index (χ3v) is 5.00. The minimum absolute atomic E-state index is 0.169. The molecule has 1 amide bonds. The van der Waals surface area contributed by atoms with Crippen molar-refractivity contribution in [3.63, 3.8) is 0 Å². The van der Waals surface area contributed by atoms with Crippen LogP contribution in [0.1, 0.15) is 6.92 Å². The Morgan fingerprint density at radius 1 is 1.00 bits per heavy atom. The molecule has 1 heterocycles. The van der Waals surface area contributed by atoms with Crippen LogP contribution in [0.15, 0.2) is 65.7 Å². The Kier molecular flexibility index (Phi) is 3.46. The van der Waals surface area contributed by atoms with Crippen molar-refractivity contribution in [3.05, 3.63) is 60.8 Å². The van der Waals surface area contributed by atoms with Gasteiger partial charge in [-0.25, -0.2) is 12.4 Å². The van der Waals surface area contributed by atoms with Gasteiger partial charge in [0.25, 0.3) is 10.0 Å². The molecule has 0 saturated carbocycles. The minimum Gasteiger partial charge on any atom is -0.326 e. The van der Waals surface area contributed by atoms with Gasteiger partial charge in [0.15, 0.2) is 0 Å². The smallest absolute Gasteiger partial charge is 0.268 e. The summed E-state index contributed by atoms with van der Waals surface area (Å²) in [5, 5.41) is 3.47. The van der Waals surface area contributed by atoms with Crippen LogP contribution >= 0.6 is 0 Å². The highest BCUT2D eigenvalue weighted by Crippen LogP contribution is 2.23. The fourth-order valence-corrected chi connectivity index (χ4v) is 3.65.